The van der Waals surface area contributed by atoms with Crippen molar-refractivity contribution in [2.24, 2.45) is 11.8 Å². The SMILES string of the molecule is CCNc1nncn1C1CCc2sc(NC(=O)C3CC3)c(C(=O)NCC3CC3)c2C1. The van der Waals surface area contributed by atoms with Gasteiger partial charge in [0.25, 0.3) is 5.91 Å². The number of rotatable bonds is 8. The maximum atomic E-state index is 13.2. The first-order valence-corrected chi connectivity index (χ1v) is 11.8. The fourth-order valence-electron chi connectivity index (χ4n) is 4.13. The largest absolute Gasteiger partial charge is 0.355 e. The molecule has 3 aliphatic rings. The van der Waals surface area contributed by atoms with Crippen LogP contribution in [0.3, 0.4) is 0 Å². The van der Waals surface area contributed by atoms with E-state index >= 15 is 0 Å². The van der Waals surface area contributed by atoms with E-state index in [-0.39, 0.29) is 23.8 Å². The van der Waals surface area contributed by atoms with Crippen LogP contribution in [0.4, 0.5) is 10.9 Å². The highest BCUT2D eigenvalue weighted by molar-refractivity contribution is 7.17. The predicted molar refractivity (Wildman–Crippen MR) is 116 cm³/mol. The molecule has 2 amide bonds. The summed E-state index contributed by atoms with van der Waals surface area (Å²) < 4.78 is 2.08. The second kappa shape index (κ2) is 8.02. The molecule has 9 heteroatoms. The number of aryl methyl sites for hydroxylation is 1. The first-order valence-electron chi connectivity index (χ1n) is 11.0. The summed E-state index contributed by atoms with van der Waals surface area (Å²) >= 11 is 1.58. The molecule has 0 aromatic carbocycles. The summed E-state index contributed by atoms with van der Waals surface area (Å²) in [4.78, 5) is 26.8. The molecule has 0 aliphatic heterocycles. The molecule has 0 saturated heterocycles. The van der Waals surface area contributed by atoms with Crippen LogP contribution in [0, 0.1) is 11.8 Å². The van der Waals surface area contributed by atoms with Gasteiger partial charge in [0.2, 0.25) is 11.9 Å². The number of hydrogen-bond donors (Lipinski definition) is 3. The zero-order valence-electron chi connectivity index (χ0n) is 17.2. The highest BCUT2D eigenvalue weighted by Gasteiger charge is 2.35. The fourth-order valence-corrected chi connectivity index (χ4v) is 5.38. The Balaban J connectivity index is 1.43. The highest BCUT2D eigenvalue weighted by atomic mass is 32.1. The molecule has 3 aliphatic carbocycles. The van der Waals surface area contributed by atoms with E-state index in [0.29, 0.717) is 11.5 Å². The standard InChI is InChI=1S/C21H28N6O2S/c1-2-22-21-26-24-11-27(21)14-7-8-16-15(9-14)17(19(29)23-10-12-3-4-12)20(30-16)25-18(28)13-5-6-13/h11-14H,2-10H2,1H3,(H,22,26)(H,23,29)(H,25,28). The van der Waals surface area contributed by atoms with Crippen molar-refractivity contribution in [2.45, 2.75) is 57.9 Å². The van der Waals surface area contributed by atoms with E-state index in [1.165, 1.54) is 17.7 Å². The van der Waals surface area contributed by atoms with Gasteiger partial charge in [0, 0.05) is 29.9 Å². The summed E-state index contributed by atoms with van der Waals surface area (Å²) in [5.74, 6) is 1.49. The molecule has 0 bridgehead atoms. The molecule has 0 spiro atoms. The van der Waals surface area contributed by atoms with E-state index in [1.54, 1.807) is 17.7 Å². The van der Waals surface area contributed by atoms with Crippen LogP contribution in [-0.4, -0.2) is 39.7 Å². The lowest BCUT2D eigenvalue weighted by Crippen LogP contribution is -2.28. The lowest BCUT2D eigenvalue weighted by atomic mass is 9.91. The lowest BCUT2D eigenvalue weighted by Gasteiger charge is -2.25. The van der Waals surface area contributed by atoms with Gasteiger partial charge in [-0.05, 0) is 63.4 Å². The Hall–Kier alpha value is -2.42. The Morgan fingerprint density at radius 2 is 2.07 bits per heavy atom. The zero-order valence-corrected chi connectivity index (χ0v) is 18.1. The van der Waals surface area contributed by atoms with E-state index in [0.717, 1.165) is 61.7 Å². The summed E-state index contributed by atoms with van der Waals surface area (Å²) in [6.07, 6.45) is 8.63. The lowest BCUT2D eigenvalue weighted by molar-refractivity contribution is -0.117. The Labute approximate surface area is 179 Å². The van der Waals surface area contributed by atoms with E-state index < -0.39 is 0 Å². The number of aromatic nitrogens is 3. The van der Waals surface area contributed by atoms with Crippen molar-refractivity contribution in [3.05, 3.63) is 22.3 Å². The van der Waals surface area contributed by atoms with Gasteiger partial charge in [-0.2, -0.15) is 0 Å². The minimum Gasteiger partial charge on any atom is -0.355 e. The van der Waals surface area contributed by atoms with Crippen molar-refractivity contribution in [3.63, 3.8) is 0 Å². The molecule has 0 radical (unpaired) electrons. The van der Waals surface area contributed by atoms with Crippen molar-refractivity contribution in [3.8, 4) is 0 Å². The van der Waals surface area contributed by atoms with Gasteiger partial charge in [0.05, 0.1) is 5.56 Å². The fraction of sp³-hybridized carbons (Fsp3) is 0.619. The summed E-state index contributed by atoms with van der Waals surface area (Å²) in [6.45, 7) is 3.54. The topological polar surface area (TPSA) is 101 Å². The molecule has 30 heavy (non-hydrogen) atoms. The molecule has 2 heterocycles. The van der Waals surface area contributed by atoms with E-state index in [2.05, 4.69) is 30.7 Å². The van der Waals surface area contributed by atoms with Crippen LogP contribution in [0.15, 0.2) is 6.33 Å². The molecule has 2 aromatic rings. The summed E-state index contributed by atoms with van der Waals surface area (Å²) in [5, 5.41) is 18.4. The Morgan fingerprint density at radius 3 is 2.80 bits per heavy atom. The molecule has 3 N–H and O–H groups in total. The third-order valence-corrected chi connectivity index (χ3v) is 7.40. The van der Waals surface area contributed by atoms with Crippen LogP contribution in [0.2, 0.25) is 0 Å². The second-order valence-corrected chi connectivity index (χ2v) is 9.72. The van der Waals surface area contributed by atoms with Crippen LogP contribution < -0.4 is 16.0 Å². The Kier molecular flexibility index (Phi) is 5.22. The number of carbonyl (C=O) groups excluding carboxylic acids is 2. The van der Waals surface area contributed by atoms with Crippen LogP contribution >= 0.6 is 11.3 Å². The van der Waals surface area contributed by atoms with Crippen molar-refractivity contribution >= 4 is 34.1 Å². The molecule has 2 saturated carbocycles. The number of nitrogens with zero attached hydrogens (tertiary/aromatic N) is 3. The molecule has 2 aromatic heterocycles. The number of carbonyl (C=O) groups is 2. The number of nitrogens with one attached hydrogen (secondary N) is 3. The maximum Gasteiger partial charge on any atom is 0.254 e. The normalized spacial score (nSPS) is 20.5. The number of amides is 2. The molecule has 1 unspecified atom stereocenters. The monoisotopic (exact) mass is 428 g/mol. The van der Waals surface area contributed by atoms with Crippen molar-refractivity contribution in [1.82, 2.24) is 20.1 Å². The molecular weight excluding hydrogens is 400 g/mol. The van der Waals surface area contributed by atoms with Crippen molar-refractivity contribution < 1.29 is 9.59 Å². The predicted octanol–water partition coefficient (Wildman–Crippen LogP) is 2.99. The number of thiophene rings is 1. The van der Waals surface area contributed by atoms with Crippen LogP contribution in [0.1, 0.15) is 65.9 Å². The smallest absolute Gasteiger partial charge is 0.254 e. The van der Waals surface area contributed by atoms with Gasteiger partial charge in [-0.1, -0.05) is 0 Å². The number of anilines is 2. The average molecular weight is 429 g/mol. The molecule has 2 fully saturated rings. The third kappa shape index (κ3) is 3.95. The van der Waals surface area contributed by atoms with Gasteiger partial charge in [0.15, 0.2) is 0 Å². The van der Waals surface area contributed by atoms with E-state index in [1.807, 2.05) is 6.92 Å². The summed E-state index contributed by atoms with van der Waals surface area (Å²) in [7, 11) is 0. The van der Waals surface area contributed by atoms with Gasteiger partial charge < -0.3 is 16.0 Å². The number of hydrogen-bond acceptors (Lipinski definition) is 6. The van der Waals surface area contributed by atoms with Gasteiger partial charge in [0.1, 0.15) is 11.3 Å². The summed E-state index contributed by atoms with van der Waals surface area (Å²) in [5.41, 5.74) is 1.75. The van der Waals surface area contributed by atoms with E-state index in [9.17, 15) is 9.59 Å². The van der Waals surface area contributed by atoms with Crippen molar-refractivity contribution in [2.75, 3.05) is 23.7 Å². The van der Waals surface area contributed by atoms with Crippen LogP contribution in [0.25, 0.3) is 0 Å². The highest BCUT2D eigenvalue weighted by Crippen LogP contribution is 2.42. The first-order chi connectivity index (χ1) is 14.6. The van der Waals surface area contributed by atoms with Crippen molar-refractivity contribution in [1.29, 1.82) is 0 Å². The minimum atomic E-state index is -0.0539. The average Bonchev–Trinajstić information content (AvgIpc) is 3.66. The minimum absolute atomic E-state index is 0.0506. The number of fused-ring (bicyclic) bond motifs is 1. The Bertz CT molecular complexity index is 959. The van der Waals surface area contributed by atoms with Gasteiger partial charge >= 0.3 is 0 Å². The molecule has 5 rings (SSSR count). The molecule has 1 atom stereocenters. The quantitative estimate of drug-likeness (QED) is 0.600. The first kappa shape index (κ1) is 19.5. The zero-order chi connectivity index (χ0) is 20.7. The maximum absolute atomic E-state index is 13.2. The molecular formula is C21H28N6O2S. The van der Waals surface area contributed by atoms with Gasteiger partial charge in [-0.3, -0.25) is 14.2 Å². The van der Waals surface area contributed by atoms with Gasteiger partial charge in [-0.25, -0.2) is 0 Å². The second-order valence-electron chi connectivity index (χ2n) is 8.61. The van der Waals surface area contributed by atoms with Crippen LogP contribution in [0.5, 0.6) is 0 Å². The van der Waals surface area contributed by atoms with Gasteiger partial charge in [-0.15, -0.1) is 21.5 Å². The molecule has 8 nitrogen and oxygen atoms in total. The van der Waals surface area contributed by atoms with E-state index in [4.69, 9.17) is 0 Å². The molecule has 160 valence electrons. The summed E-state index contributed by atoms with van der Waals surface area (Å²) in [6, 6.07) is 0.193. The Morgan fingerprint density at radius 1 is 1.23 bits per heavy atom. The third-order valence-electron chi connectivity index (χ3n) is 6.20. The van der Waals surface area contributed by atoms with Crippen LogP contribution in [-0.2, 0) is 17.6 Å².